The molecule has 5 rings (SSSR count). The molecule has 53 heavy (non-hydrogen) atoms. The molecule has 3 heterocycles. The van der Waals surface area contributed by atoms with Gasteiger partial charge in [0.15, 0.2) is 10.8 Å². The van der Waals surface area contributed by atoms with Crippen molar-refractivity contribution in [3.8, 4) is 23.0 Å². The molecule has 0 aliphatic rings. The summed E-state index contributed by atoms with van der Waals surface area (Å²) in [5.74, 6) is 3.30. The lowest BCUT2D eigenvalue weighted by Gasteiger charge is -2.21. The molecule has 0 saturated heterocycles. The van der Waals surface area contributed by atoms with Crippen molar-refractivity contribution in [1.29, 1.82) is 0 Å². The van der Waals surface area contributed by atoms with Gasteiger partial charge in [-0.05, 0) is 113 Å². The Bertz CT molecular complexity index is 2100. The number of aryl methyl sites for hydroxylation is 2. The maximum Gasteiger partial charge on any atom is 0.289 e. The molecule has 0 N–H and O–H groups in total. The van der Waals surface area contributed by atoms with Crippen molar-refractivity contribution in [2.24, 2.45) is 0 Å². The number of thioether (sulfide) groups is 1. The molecule has 0 aliphatic heterocycles. The van der Waals surface area contributed by atoms with E-state index in [9.17, 15) is 9.59 Å². The maximum absolute atomic E-state index is 12.5. The van der Waals surface area contributed by atoms with Crippen LogP contribution in [0.3, 0.4) is 0 Å². The Morgan fingerprint density at radius 1 is 0.830 bits per heavy atom. The summed E-state index contributed by atoms with van der Waals surface area (Å²) in [5, 5.41) is 8.50. The summed E-state index contributed by atoms with van der Waals surface area (Å²) >= 11 is 22.0. The fourth-order valence-corrected chi connectivity index (χ4v) is 6.43. The van der Waals surface area contributed by atoms with E-state index in [4.69, 9.17) is 49.0 Å². The summed E-state index contributed by atoms with van der Waals surface area (Å²) in [4.78, 5) is 28.8. The summed E-state index contributed by atoms with van der Waals surface area (Å²) in [6.45, 7) is 14.3. The first-order valence-corrected chi connectivity index (χ1v) is 19.7. The minimum atomic E-state index is -0.588. The highest BCUT2D eigenvalue weighted by Gasteiger charge is 2.20. The molecule has 3 aromatic heterocycles. The number of ether oxygens (including phenoxy) is 3. The predicted octanol–water partition coefficient (Wildman–Crippen LogP) is 9.72. The number of aromatic nitrogens is 5. The number of alkyl halides is 1. The standard InChI is InChI=1S/C24H27ClN2O3S.C14H14Cl2IN3O2/c1-16-13-19(30-18-9-7-6-8-10-18)14-17(2)22(16)29-11-12-31-20-15-26-27(24(3,4)5)23(28)21(20)25;1-14(2,16)8-20-13(21)12(15)10(6-19-20)22-7-9-3-4-11(17)18-5-9/h6-10,13-15H,11-12H2,1-5H3;3-6H,7-8H2,1-2H3. The van der Waals surface area contributed by atoms with Crippen molar-refractivity contribution in [1.82, 2.24) is 24.5 Å². The van der Waals surface area contributed by atoms with Gasteiger partial charge in [-0.1, -0.05) is 47.5 Å². The van der Waals surface area contributed by atoms with Crippen molar-refractivity contribution in [3.05, 3.63) is 124 Å². The first kappa shape index (κ1) is 42.4. The second kappa shape index (κ2) is 18.8. The van der Waals surface area contributed by atoms with Gasteiger partial charge < -0.3 is 14.2 Å². The molecule has 0 saturated carbocycles. The number of para-hydroxylation sites is 1. The lowest BCUT2D eigenvalue weighted by molar-refractivity contribution is 0.301. The van der Waals surface area contributed by atoms with Crippen LogP contribution in [-0.2, 0) is 18.7 Å². The second-order valence-electron chi connectivity index (χ2n) is 13.5. The third-order valence-corrected chi connectivity index (χ3v) is 9.76. The van der Waals surface area contributed by atoms with Gasteiger partial charge in [-0.3, -0.25) is 9.59 Å². The highest BCUT2D eigenvalue weighted by Crippen LogP contribution is 2.32. The van der Waals surface area contributed by atoms with Gasteiger partial charge in [0.2, 0.25) is 0 Å². The molecule has 0 bridgehead atoms. The Morgan fingerprint density at radius 2 is 1.51 bits per heavy atom. The summed E-state index contributed by atoms with van der Waals surface area (Å²) in [7, 11) is 0. The average Bonchev–Trinajstić information content (AvgIpc) is 3.08. The number of benzene rings is 2. The molecule has 0 aliphatic carbocycles. The molecule has 0 atom stereocenters. The summed E-state index contributed by atoms with van der Waals surface area (Å²) in [6.07, 6.45) is 4.78. The predicted molar refractivity (Wildman–Crippen MR) is 222 cm³/mol. The van der Waals surface area contributed by atoms with Crippen LogP contribution in [0.2, 0.25) is 10.0 Å². The molecule has 5 aromatic rings. The van der Waals surface area contributed by atoms with Crippen LogP contribution < -0.4 is 25.3 Å². The number of pyridine rings is 1. The first-order chi connectivity index (χ1) is 24.9. The topological polar surface area (TPSA) is 110 Å². The number of hydrogen-bond acceptors (Lipinski definition) is 9. The fourth-order valence-electron chi connectivity index (χ4n) is 4.79. The van der Waals surface area contributed by atoms with Crippen molar-refractivity contribution in [2.75, 3.05) is 12.4 Å². The zero-order chi connectivity index (χ0) is 38.9. The Balaban J connectivity index is 0.000000251. The molecule has 2 aromatic carbocycles. The van der Waals surface area contributed by atoms with E-state index in [2.05, 4.69) is 37.8 Å². The highest BCUT2D eigenvalue weighted by molar-refractivity contribution is 14.1. The molecule has 15 heteroatoms. The van der Waals surface area contributed by atoms with Crippen molar-refractivity contribution >= 4 is 69.2 Å². The van der Waals surface area contributed by atoms with E-state index in [0.29, 0.717) is 17.3 Å². The molecular weight excluding hydrogens is 872 g/mol. The zero-order valence-electron chi connectivity index (χ0n) is 30.5. The molecule has 0 unspecified atom stereocenters. The molecule has 0 radical (unpaired) electrons. The molecule has 0 amide bonds. The third-order valence-electron chi connectivity index (χ3n) is 7.18. The van der Waals surface area contributed by atoms with E-state index in [1.54, 1.807) is 26.2 Å². The summed E-state index contributed by atoms with van der Waals surface area (Å²) in [5.41, 5.74) is 1.77. The number of rotatable bonds is 12. The van der Waals surface area contributed by atoms with E-state index in [-0.39, 0.29) is 34.5 Å². The van der Waals surface area contributed by atoms with E-state index in [0.717, 1.165) is 37.6 Å². The number of hydrogen-bond donors (Lipinski definition) is 0. The van der Waals surface area contributed by atoms with Crippen LogP contribution in [0, 0.1) is 17.5 Å². The smallest absolute Gasteiger partial charge is 0.289 e. The van der Waals surface area contributed by atoms with Gasteiger partial charge in [0.1, 0.15) is 32.6 Å². The minimum absolute atomic E-state index is 0.00520. The van der Waals surface area contributed by atoms with E-state index < -0.39 is 16.0 Å². The van der Waals surface area contributed by atoms with Gasteiger partial charge in [0.05, 0.1) is 40.9 Å². The van der Waals surface area contributed by atoms with Crippen molar-refractivity contribution < 1.29 is 14.2 Å². The van der Waals surface area contributed by atoms with E-state index in [1.807, 2.05) is 89.2 Å². The van der Waals surface area contributed by atoms with Gasteiger partial charge in [0, 0.05) is 17.5 Å². The van der Waals surface area contributed by atoms with Crippen LogP contribution in [-0.4, -0.2) is 41.8 Å². The Hall–Kier alpha value is -3.30. The van der Waals surface area contributed by atoms with Crippen LogP contribution in [0.25, 0.3) is 0 Å². The van der Waals surface area contributed by atoms with Crippen LogP contribution in [0.5, 0.6) is 23.0 Å². The average molecular weight is 913 g/mol. The SMILES string of the molecule is CC(C)(Cl)Cn1ncc(OCc2ccc(I)nc2)c(Cl)c1=O.Cc1cc(Oc2ccccc2)cc(C)c1OCCSc1cnn(C(C)(C)C)c(=O)c1Cl. The van der Waals surface area contributed by atoms with Crippen molar-refractivity contribution in [3.63, 3.8) is 0 Å². The van der Waals surface area contributed by atoms with Gasteiger partial charge in [0.25, 0.3) is 11.1 Å². The Kier molecular flexibility index (Phi) is 15.1. The quantitative estimate of drug-likeness (QED) is 0.0397. The molecule has 0 spiro atoms. The monoisotopic (exact) mass is 911 g/mol. The van der Waals surface area contributed by atoms with Crippen LogP contribution >= 0.6 is 69.2 Å². The van der Waals surface area contributed by atoms with Gasteiger partial charge in [-0.25, -0.2) is 14.3 Å². The molecule has 0 fully saturated rings. The largest absolute Gasteiger partial charge is 0.492 e. The molecular formula is C38H41Cl3IN5O5S. The second-order valence-corrected chi connectivity index (χ2v) is 17.5. The minimum Gasteiger partial charge on any atom is -0.492 e. The highest BCUT2D eigenvalue weighted by atomic mass is 127. The van der Waals surface area contributed by atoms with Crippen molar-refractivity contribution in [2.45, 2.75) is 76.9 Å². The van der Waals surface area contributed by atoms with Gasteiger partial charge in [-0.15, -0.1) is 23.4 Å². The lowest BCUT2D eigenvalue weighted by Crippen LogP contribution is -2.36. The van der Waals surface area contributed by atoms with Crippen LogP contribution in [0.1, 0.15) is 51.3 Å². The maximum atomic E-state index is 12.5. The fraction of sp³-hybridized carbons (Fsp3) is 0.342. The summed E-state index contributed by atoms with van der Waals surface area (Å²) < 4.78 is 21.0. The third kappa shape index (κ3) is 12.6. The Morgan fingerprint density at radius 3 is 2.11 bits per heavy atom. The summed E-state index contributed by atoms with van der Waals surface area (Å²) in [6, 6.07) is 17.4. The van der Waals surface area contributed by atoms with Gasteiger partial charge >= 0.3 is 0 Å². The first-order valence-electron chi connectivity index (χ1n) is 16.5. The number of nitrogens with zero attached hydrogens (tertiary/aromatic N) is 5. The van der Waals surface area contributed by atoms with E-state index >= 15 is 0 Å². The van der Waals surface area contributed by atoms with Gasteiger partial charge in [-0.2, -0.15) is 10.2 Å². The zero-order valence-corrected chi connectivity index (χ0v) is 35.7. The lowest BCUT2D eigenvalue weighted by atomic mass is 10.1. The molecule has 282 valence electrons. The molecule has 10 nitrogen and oxygen atoms in total. The normalized spacial score (nSPS) is 11.5. The van der Waals surface area contributed by atoms with E-state index in [1.165, 1.54) is 27.3 Å². The number of halogens is 4. The van der Waals surface area contributed by atoms with Crippen LogP contribution in [0.4, 0.5) is 0 Å². The Labute approximate surface area is 342 Å². The van der Waals surface area contributed by atoms with Crippen LogP contribution in [0.15, 0.2) is 87.7 Å².